The molecule has 0 saturated heterocycles. The van der Waals surface area contributed by atoms with Gasteiger partial charge in [-0.05, 0) is 24.7 Å². The van der Waals surface area contributed by atoms with Gasteiger partial charge in [0.2, 0.25) is 8.32 Å². The molecule has 0 unspecified atom stereocenters. The summed E-state index contributed by atoms with van der Waals surface area (Å²) in [5.74, 6) is 1.11. The van der Waals surface area contributed by atoms with Crippen molar-refractivity contribution in [3.8, 4) is 5.75 Å². The molecule has 2 heteroatoms. The van der Waals surface area contributed by atoms with Crippen LogP contribution >= 0.6 is 0 Å². The molecule has 1 heterocycles. The Morgan fingerprint density at radius 1 is 1.27 bits per heavy atom. The van der Waals surface area contributed by atoms with Gasteiger partial charge in [-0.2, -0.15) is 0 Å². The van der Waals surface area contributed by atoms with Crippen LogP contribution in [0.3, 0.4) is 0 Å². The van der Waals surface area contributed by atoms with Crippen LogP contribution < -0.4 is 4.43 Å². The highest BCUT2D eigenvalue weighted by atomic mass is 28.4. The highest BCUT2D eigenvalue weighted by molar-refractivity contribution is 6.72. The van der Waals surface area contributed by atoms with Crippen LogP contribution in [0.4, 0.5) is 0 Å². The van der Waals surface area contributed by atoms with Gasteiger partial charge in [0.1, 0.15) is 5.75 Å². The van der Waals surface area contributed by atoms with Crippen LogP contribution in [0.25, 0.3) is 0 Å². The number of hydrogen-bond acceptors (Lipinski definition) is 1. The Balaban J connectivity index is 2.41. The minimum atomic E-state index is -1.34. The van der Waals surface area contributed by atoms with Gasteiger partial charge in [0.15, 0.2) is 0 Å². The lowest BCUT2D eigenvalue weighted by molar-refractivity contribution is 0.573. The molecule has 1 aliphatic heterocycles. The van der Waals surface area contributed by atoms with E-state index in [0.717, 1.165) is 5.75 Å². The second-order valence-electron chi connectivity index (χ2n) is 3.65. The Labute approximate surface area is 68.1 Å². The van der Waals surface area contributed by atoms with Crippen molar-refractivity contribution in [2.24, 2.45) is 0 Å². The maximum Gasteiger partial charge on any atom is 0.249 e. The van der Waals surface area contributed by atoms with Gasteiger partial charge in [-0.1, -0.05) is 18.2 Å². The summed E-state index contributed by atoms with van der Waals surface area (Å²) < 4.78 is 5.83. The maximum absolute atomic E-state index is 5.83. The Kier molecular flexibility index (Phi) is 1.33. The minimum absolute atomic E-state index is 1.11. The third-order valence-corrected chi connectivity index (χ3v) is 3.98. The molecule has 0 fully saturated rings. The van der Waals surface area contributed by atoms with Crippen LogP contribution in [0.2, 0.25) is 13.1 Å². The van der Waals surface area contributed by atoms with Crippen molar-refractivity contribution < 1.29 is 4.43 Å². The Bertz CT molecular complexity index is 254. The van der Waals surface area contributed by atoms with Crippen molar-refractivity contribution in [3.63, 3.8) is 0 Å². The molecule has 0 atom stereocenters. The normalized spacial score (nSPS) is 19.1. The molecule has 0 bridgehead atoms. The summed E-state index contributed by atoms with van der Waals surface area (Å²) in [6.07, 6.45) is 0. The highest BCUT2D eigenvalue weighted by Gasteiger charge is 2.32. The van der Waals surface area contributed by atoms with Crippen molar-refractivity contribution in [2.45, 2.75) is 19.1 Å². The van der Waals surface area contributed by atoms with Crippen LogP contribution in [0.15, 0.2) is 24.3 Å². The first kappa shape index (κ1) is 6.92. The first-order valence-electron chi connectivity index (χ1n) is 3.94. The van der Waals surface area contributed by atoms with Crippen molar-refractivity contribution in [2.75, 3.05) is 0 Å². The molecule has 0 spiro atoms. The quantitative estimate of drug-likeness (QED) is 0.535. The average Bonchev–Trinajstić information content (AvgIpc) is 2.21. The lowest BCUT2D eigenvalue weighted by Gasteiger charge is -2.13. The fourth-order valence-corrected chi connectivity index (χ4v) is 3.62. The lowest BCUT2D eigenvalue weighted by Crippen LogP contribution is -2.31. The second kappa shape index (κ2) is 2.11. The molecule has 0 saturated carbocycles. The van der Waals surface area contributed by atoms with Gasteiger partial charge >= 0.3 is 0 Å². The van der Waals surface area contributed by atoms with Crippen molar-refractivity contribution >= 4 is 8.32 Å². The molecule has 1 nitrogen and oxygen atoms in total. The van der Waals surface area contributed by atoms with Gasteiger partial charge in [0.25, 0.3) is 0 Å². The van der Waals surface area contributed by atoms with E-state index in [9.17, 15) is 0 Å². The molecular weight excluding hydrogens is 152 g/mol. The van der Waals surface area contributed by atoms with E-state index in [1.165, 1.54) is 11.6 Å². The van der Waals surface area contributed by atoms with E-state index in [2.05, 4.69) is 31.3 Å². The SMILES string of the molecule is C[Si]1(C)Cc2ccccc2O1. The number of benzene rings is 1. The van der Waals surface area contributed by atoms with E-state index >= 15 is 0 Å². The van der Waals surface area contributed by atoms with Crippen LogP contribution in [0, 0.1) is 0 Å². The van der Waals surface area contributed by atoms with E-state index in [-0.39, 0.29) is 0 Å². The minimum Gasteiger partial charge on any atom is -0.544 e. The third kappa shape index (κ3) is 1.18. The Morgan fingerprint density at radius 2 is 2.00 bits per heavy atom. The zero-order valence-electron chi connectivity index (χ0n) is 6.92. The van der Waals surface area contributed by atoms with E-state index in [0.29, 0.717) is 0 Å². The number of fused-ring (bicyclic) bond motifs is 1. The van der Waals surface area contributed by atoms with Crippen molar-refractivity contribution in [1.82, 2.24) is 0 Å². The van der Waals surface area contributed by atoms with Crippen LogP contribution in [-0.4, -0.2) is 8.32 Å². The summed E-state index contributed by atoms with van der Waals surface area (Å²) in [6.45, 7) is 4.51. The standard InChI is InChI=1S/C9H12OSi/c1-11(2)7-8-5-3-4-6-9(8)10-11/h3-6H,7H2,1-2H3. The zero-order valence-corrected chi connectivity index (χ0v) is 7.92. The fraction of sp³-hybridized carbons (Fsp3) is 0.333. The van der Waals surface area contributed by atoms with E-state index < -0.39 is 8.32 Å². The van der Waals surface area contributed by atoms with Gasteiger partial charge in [0.05, 0.1) is 0 Å². The molecule has 0 amide bonds. The van der Waals surface area contributed by atoms with Crippen molar-refractivity contribution in [3.05, 3.63) is 29.8 Å². The lowest BCUT2D eigenvalue weighted by atomic mass is 10.2. The molecule has 11 heavy (non-hydrogen) atoms. The van der Waals surface area contributed by atoms with Gasteiger partial charge in [0, 0.05) is 6.04 Å². The predicted octanol–water partition coefficient (Wildman–Crippen LogP) is 2.37. The Hall–Kier alpha value is -0.763. The van der Waals surface area contributed by atoms with Gasteiger partial charge in [-0.3, -0.25) is 0 Å². The zero-order chi connectivity index (χ0) is 7.90. The maximum atomic E-state index is 5.83. The van der Waals surface area contributed by atoms with Gasteiger partial charge in [-0.25, -0.2) is 0 Å². The smallest absolute Gasteiger partial charge is 0.249 e. The topological polar surface area (TPSA) is 9.23 Å². The fourth-order valence-electron chi connectivity index (χ4n) is 1.54. The summed E-state index contributed by atoms with van der Waals surface area (Å²) in [6, 6.07) is 9.52. The Morgan fingerprint density at radius 3 is 2.73 bits per heavy atom. The number of hydrogen-bond donors (Lipinski definition) is 0. The largest absolute Gasteiger partial charge is 0.544 e. The number of para-hydroxylation sites is 1. The van der Waals surface area contributed by atoms with Crippen LogP contribution in [0.1, 0.15) is 5.56 Å². The van der Waals surface area contributed by atoms with Crippen LogP contribution in [-0.2, 0) is 6.04 Å². The second-order valence-corrected chi connectivity index (χ2v) is 7.72. The molecule has 1 aromatic rings. The third-order valence-electron chi connectivity index (χ3n) is 1.98. The molecule has 0 aromatic heterocycles. The van der Waals surface area contributed by atoms with E-state index in [1.54, 1.807) is 0 Å². The molecule has 58 valence electrons. The summed E-state index contributed by atoms with van der Waals surface area (Å²) >= 11 is 0. The van der Waals surface area contributed by atoms with E-state index in [4.69, 9.17) is 4.43 Å². The highest BCUT2D eigenvalue weighted by Crippen LogP contribution is 2.31. The van der Waals surface area contributed by atoms with Crippen molar-refractivity contribution in [1.29, 1.82) is 0 Å². The summed E-state index contributed by atoms with van der Waals surface area (Å²) in [4.78, 5) is 0. The first-order chi connectivity index (χ1) is 5.17. The average molecular weight is 164 g/mol. The molecule has 2 rings (SSSR count). The van der Waals surface area contributed by atoms with Crippen LogP contribution in [0.5, 0.6) is 5.75 Å². The molecule has 0 N–H and O–H groups in total. The first-order valence-corrected chi connectivity index (χ1v) is 7.06. The van der Waals surface area contributed by atoms with Gasteiger partial charge in [-0.15, -0.1) is 0 Å². The monoisotopic (exact) mass is 164 g/mol. The summed E-state index contributed by atoms with van der Waals surface area (Å²) in [5, 5.41) is 0. The summed E-state index contributed by atoms with van der Waals surface area (Å²) in [5.41, 5.74) is 1.39. The molecular formula is C9H12OSi. The summed E-state index contributed by atoms with van der Waals surface area (Å²) in [7, 11) is -1.34. The van der Waals surface area contributed by atoms with E-state index in [1.807, 2.05) is 6.07 Å². The van der Waals surface area contributed by atoms with Gasteiger partial charge < -0.3 is 4.43 Å². The predicted molar refractivity (Wildman–Crippen MR) is 48.3 cm³/mol. The molecule has 0 radical (unpaired) electrons. The molecule has 1 aromatic carbocycles. The molecule has 1 aliphatic rings. The molecule has 0 aliphatic carbocycles. The number of rotatable bonds is 0.